The van der Waals surface area contributed by atoms with E-state index in [9.17, 15) is 19.1 Å². The van der Waals surface area contributed by atoms with Gasteiger partial charge in [-0.2, -0.15) is 4.39 Å². The number of aromatic carboxylic acids is 1. The van der Waals surface area contributed by atoms with Gasteiger partial charge in [0.25, 0.3) is 0 Å². The fraction of sp³-hybridized carbons (Fsp3) is 0.333. The first-order valence-electron chi connectivity index (χ1n) is 10.1. The van der Waals surface area contributed by atoms with Crippen LogP contribution in [0.4, 0.5) is 24.8 Å². The van der Waals surface area contributed by atoms with Crippen molar-refractivity contribution in [1.29, 1.82) is 0 Å². The molecular weight excluding hydrogens is 443 g/mol. The van der Waals surface area contributed by atoms with E-state index in [-0.39, 0.29) is 36.6 Å². The molecule has 3 aromatic rings. The van der Waals surface area contributed by atoms with Gasteiger partial charge in [0.2, 0.25) is 17.3 Å². The van der Waals surface area contributed by atoms with Crippen molar-refractivity contribution in [2.24, 2.45) is 0 Å². The Morgan fingerprint density at radius 3 is 2.24 bits per heavy atom. The van der Waals surface area contributed by atoms with Crippen LogP contribution in [0.15, 0.2) is 23.3 Å². The zero-order valence-corrected chi connectivity index (χ0v) is 17.8. The Morgan fingerprint density at radius 2 is 1.70 bits per heavy atom. The normalized spacial score (nSPS) is 14.1. The number of hydrogen-bond donors (Lipinski definition) is 1. The molecule has 1 aromatic carbocycles. The van der Waals surface area contributed by atoms with Crippen molar-refractivity contribution in [2.75, 3.05) is 43.1 Å². The highest BCUT2D eigenvalue weighted by molar-refractivity contribution is 5.97. The Kier molecular flexibility index (Phi) is 5.83. The zero-order chi connectivity index (χ0) is 23.9. The summed E-state index contributed by atoms with van der Waals surface area (Å²) in [6.45, 7) is 2.59. The summed E-state index contributed by atoms with van der Waals surface area (Å²) >= 11 is 0. The third kappa shape index (κ3) is 3.51. The SMILES string of the molecule is CCn1c(F)c(C(=O)O)c(=O)c2c(F)c(F)c(N3CCN(c4ncccn4)CC3)c(OC)c21. The molecule has 0 atom stereocenters. The maximum Gasteiger partial charge on any atom is 0.344 e. The molecule has 0 aliphatic carbocycles. The Hall–Kier alpha value is -3.83. The van der Waals surface area contributed by atoms with Gasteiger partial charge in [-0.1, -0.05) is 0 Å². The molecule has 12 heteroatoms. The van der Waals surface area contributed by atoms with Gasteiger partial charge in [-0.05, 0) is 13.0 Å². The van der Waals surface area contributed by atoms with E-state index in [0.29, 0.717) is 19.0 Å². The van der Waals surface area contributed by atoms with Gasteiger partial charge in [0.1, 0.15) is 11.2 Å². The molecule has 4 rings (SSSR count). The molecule has 9 nitrogen and oxygen atoms in total. The van der Waals surface area contributed by atoms with Crippen LogP contribution in [0.1, 0.15) is 17.3 Å². The second-order valence-corrected chi connectivity index (χ2v) is 7.30. The van der Waals surface area contributed by atoms with E-state index in [1.54, 1.807) is 18.5 Å². The van der Waals surface area contributed by atoms with E-state index in [1.165, 1.54) is 18.9 Å². The highest BCUT2D eigenvalue weighted by atomic mass is 19.2. The van der Waals surface area contributed by atoms with Gasteiger partial charge in [0.15, 0.2) is 22.9 Å². The highest BCUT2D eigenvalue weighted by Gasteiger charge is 2.33. The second kappa shape index (κ2) is 8.60. The Bertz CT molecular complexity index is 1290. The van der Waals surface area contributed by atoms with Crippen LogP contribution in [-0.4, -0.2) is 58.9 Å². The van der Waals surface area contributed by atoms with Gasteiger partial charge >= 0.3 is 5.97 Å². The quantitative estimate of drug-likeness (QED) is 0.576. The predicted octanol–water partition coefficient (Wildman–Crippen LogP) is 2.26. The second-order valence-electron chi connectivity index (χ2n) is 7.30. The summed E-state index contributed by atoms with van der Waals surface area (Å²) in [5.41, 5.74) is -3.31. The van der Waals surface area contributed by atoms with Crippen molar-refractivity contribution in [3.8, 4) is 5.75 Å². The zero-order valence-electron chi connectivity index (χ0n) is 17.8. The summed E-state index contributed by atoms with van der Waals surface area (Å²) in [7, 11) is 1.19. The van der Waals surface area contributed by atoms with Gasteiger partial charge < -0.3 is 24.2 Å². The number of nitrogens with zero attached hydrogens (tertiary/aromatic N) is 5. The lowest BCUT2D eigenvalue weighted by molar-refractivity contribution is 0.0688. The Labute approximate surface area is 185 Å². The summed E-state index contributed by atoms with van der Waals surface area (Å²) in [6, 6.07) is 1.68. The van der Waals surface area contributed by atoms with Crippen molar-refractivity contribution in [3.63, 3.8) is 0 Å². The Morgan fingerprint density at radius 1 is 1.09 bits per heavy atom. The number of pyridine rings is 1. The van der Waals surface area contributed by atoms with Crippen LogP contribution in [0, 0.1) is 17.6 Å². The molecule has 174 valence electrons. The van der Waals surface area contributed by atoms with Crippen molar-refractivity contribution >= 4 is 28.5 Å². The minimum absolute atomic E-state index is 0.150. The molecule has 1 fully saturated rings. The molecule has 3 heterocycles. The Balaban J connectivity index is 1.89. The monoisotopic (exact) mass is 463 g/mol. The largest absolute Gasteiger partial charge is 0.492 e. The third-order valence-electron chi connectivity index (χ3n) is 5.62. The van der Waals surface area contributed by atoms with E-state index in [4.69, 9.17) is 4.74 Å². The number of piperazine rings is 1. The number of halogens is 3. The molecule has 0 saturated carbocycles. The number of benzene rings is 1. The smallest absolute Gasteiger partial charge is 0.344 e. The number of hydrogen-bond acceptors (Lipinski definition) is 7. The summed E-state index contributed by atoms with van der Waals surface area (Å²) in [5, 5.41) is 8.40. The molecule has 0 amide bonds. The molecule has 1 aliphatic rings. The fourth-order valence-electron chi connectivity index (χ4n) is 4.10. The number of aromatic nitrogens is 3. The minimum atomic E-state index is -1.87. The summed E-state index contributed by atoms with van der Waals surface area (Å²) < 4.78 is 51.6. The van der Waals surface area contributed by atoms with Crippen LogP contribution < -0.4 is 20.0 Å². The van der Waals surface area contributed by atoms with Gasteiger partial charge in [-0.15, -0.1) is 0 Å². The van der Waals surface area contributed by atoms with Gasteiger partial charge in [-0.25, -0.2) is 23.5 Å². The van der Waals surface area contributed by atoms with Crippen LogP contribution in [0.2, 0.25) is 0 Å². The molecule has 2 aromatic heterocycles. The van der Waals surface area contributed by atoms with Gasteiger partial charge in [-0.3, -0.25) is 4.79 Å². The van der Waals surface area contributed by atoms with Crippen molar-refractivity contribution in [3.05, 3.63) is 51.8 Å². The molecule has 1 aliphatic heterocycles. The molecule has 0 radical (unpaired) electrons. The van der Waals surface area contributed by atoms with E-state index in [1.807, 2.05) is 4.90 Å². The first kappa shape index (κ1) is 22.4. The number of carboxylic acid groups (broad SMARTS) is 1. The highest BCUT2D eigenvalue weighted by Crippen LogP contribution is 2.41. The van der Waals surface area contributed by atoms with E-state index < -0.39 is 39.9 Å². The standard InChI is InChI=1S/C21H20F3N5O4/c1-3-29-15-11(17(30)12(19(29)24)20(31)32)13(22)14(23)16(18(15)33-2)27-7-9-28(10-8-27)21-25-5-4-6-26-21/h4-6H,3,7-10H2,1-2H3,(H,31,32). The molecular formula is C21H20F3N5O4. The lowest BCUT2D eigenvalue weighted by Gasteiger charge is -2.37. The summed E-state index contributed by atoms with van der Waals surface area (Å²) in [5.74, 6) is -5.90. The first-order chi connectivity index (χ1) is 15.8. The van der Waals surface area contributed by atoms with Crippen LogP contribution in [0.3, 0.4) is 0 Å². The van der Waals surface area contributed by atoms with Crippen molar-refractivity contribution < 1.29 is 27.8 Å². The lowest BCUT2D eigenvalue weighted by atomic mass is 10.1. The summed E-state index contributed by atoms with van der Waals surface area (Å²) in [4.78, 5) is 35.9. The van der Waals surface area contributed by atoms with Gasteiger partial charge in [0.05, 0.1) is 12.5 Å². The van der Waals surface area contributed by atoms with Crippen LogP contribution in [0.25, 0.3) is 10.9 Å². The maximum absolute atomic E-state index is 15.3. The van der Waals surface area contributed by atoms with Crippen molar-refractivity contribution in [1.82, 2.24) is 14.5 Å². The average Bonchev–Trinajstić information content (AvgIpc) is 2.81. The van der Waals surface area contributed by atoms with Crippen LogP contribution in [-0.2, 0) is 6.54 Å². The molecule has 33 heavy (non-hydrogen) atoms. The number of rotatable bonds is 5. The fourth-order valence-corrected chi connectivity index (χ4v) is 4.10. The predicted molar refractivity (Wildman–Crippen MR) is 114 cm³/mol. The lowest BCUT2D eigenvalue weighted by Crippen LogP contribution is -2.47. The van der Waals surface area contributed by atoms with Crippen LogP contribution >= 0.6 is 0 Å². The molecule has 1 saturated heterocycles. The molecule has 0 bridgehead atoms. The number of methoxy groups -OCH3 is 1. The van der Waals surface area contributed by atoms with E-state index in [0.717, 1.165) is 4.57 Å². The number of carbonyl (C=O) groups is 1. The average molecular weight is 463 g/mol. The first-order valence-corrected chi connectivity index (χ1v) is 10.1. The number of fused-ring (bicyclic) bond motifs is 1. The number of anilines is 2. The van der Waals surface area contributed by atoms with Gasteiger partial charge in [0, 0.05) is 45.1 Å². The number of aryl methyl sites for hydroxylation is 1. The van der Waals surface area contributed by atoms with Crippen molar-refractivity contribution in [2.45, 2.75) is 13.5 Å². The molecule has 0 unspecified atom stereocenters. The topological polar surface area (TPSA) is 101 Å². The third-order valence-corrected chi connectivity index (χ3v) is 5.62. The summed E-state index contributed by atoms with van der Waals surface area (Å²) in [6.07, 6.45) is 3.19. The van der Waals surface area contributed by atoms with E-state index in [2.05, 4.69) is 9.97 Å². The molecule has 0 spiro atoms. The van der Waals surface area contributed by atoms with Crippen LogP contribution in [0.5, 0.6) is 5.75 Å². The molecule has 1 N–H and O–H groups in total. The minimum Gasteiger partial charge on any atom is -0.492 e. The number of carboxylic acids is 1. The number of ether oxygens (including phenoxy) is 1. The maximum atomic E-state index is 15.3. The van der Waals surface area contributed by atoms with E-state index >= 15 is 8.78 Å².